The van der Waals surface area contributed by atoms with Gasteiger partial charge < -0.3 is 20.7 Å². The zero-order valence-electron chi connectivity index (χ0n) is 17.0. The monoisotopic (exact) mass is 387 g/mol. The van der Waals surface area contributed by atoms with E-state index in [1.54, 1.807) is 7.05 Å². The summed E-state index contributed by atoms with van der Waals surface area (Å²) < 4.78 is 5.98. The van der Waals surface area contributed by atoms with E-state index in [-0.39, 0.29) is 12.0 Å². The molecule has 3 rings (SSSR count). The van der Waals surface area contributed by atoms with Crippen molar-refractivity contribution in [1.29, 1.82) is 0 Å². The number of ether oxygens (including phenoxy) is 1. The SMILES string of the molecule is CN=C(NCC1CCOC1c1ccccc1)NC1CCN(CC(=O)NC)CC1. The third kappa shape index (κ3) is 5.69. The lowest BCUT2D eigenvalue weighted by molar-refractivity contribution is -0.122. The average molecular weight is 388 g/mol. The summed E-state index contributed by atoms with van der Waals surface area (Å²) in [7, 11) is 3.50. The summed E-state index contributed by atoms with van der Waals surface area (Å²) in [5.41, 5.74) is 1.25. The number of hydrogen-bond donors (Lipinski definition) is 3. The number of piperidine rings is 1. The third-order valence-electron chi connectivity index (χ3n) is 5.67. The van der Waals surface area contributed by atoms with Gasteiger partial charge in [0.1, 0.15) is 0 Å². The highest BCUT2D eigenvalue weighted by Gasteiger charge is 2.30. The predicted octanol–water partition coefficient (Wildman–Crippen LogP) is 1.14. The normalized spacial score (nSPS) is 24.1. The number of nitrogens with one attached hydrogen (secondary N) is 3. The standard InChI is InChI=1S/C21H33N5O2/c1-22-19(27)15-26-11-8-18(9-12-26)25-21(23-2)24-14-17-10-13-28-20(17)16-6-4-3-5-7-16/h3-7,17-18,20H,8-15H2,1-2H3,(H,22,27)(H2,23,24,25). The van der Waals surface area contributed by atoms with Crippen molar-refractivity contribution in [3.8, 4) is 0 Å². The molecular formula is C21H33N5O2. The number of hydrogen-bond acceptors (Lipinski definition) is 4. The molecule has 0 aromatic heterocycles. The van der Waals surface area contributed by atoms with Crippen LogP contribution in [0.2, 0.25) is 0 Å². The van der Waals surface area contributed by atoms with Crippen LogP contribution in [-0.2, 0) is 9.53 Å². The maximum atomic E-state index is 11.5. The Hall–Kier alpha value is -2.12. The number of aliphatic imine (C=N–C) groups is 1. The van der Waals surface area contributed by atoms with Crippen molar-refractivity contribution >= 4 is 11.9 Å². The van der Waals surface area contributed by atoms with Crippen LogP contribution in [0.4, 0.5) is 0 Å². The first-order chi connectivity index (χ1) is 13.7. The van der Waals surface area contributed by atoms with Crippen LogP contribution in [0.1, 0.15) is 30.9 Å². The molecule has 1 amide bonds. The summed E-state index contributed by atoms with van der Waals surface area (Å²) in [4.78, 5) is 18.1. The van der Waals surface area contributed by atoms with Gasteiger partial charge in [-0.3, -0.25) is 14.7 Å². The van der Waals surface area contributed by atoms with E-state index in [0.717, 1.165) is 51.5 Å². The van der Waals surface area contributed by atoms with Gasteiger partial charge in [0.2, 0.25) is 5.91 Å². The summed E-state index contributed by atoms with van der Waals surface area (Å²) in [6.45, 7) is 3.98. The van der Waals surface area contributed by atoms with E-state index in [9.17, 15) is 4.79 Å². The summed E-state index contributed by atoms with van der Waals surface area (Å²) in [6.07, 6.45) is 3.23. The van der Waals surface area contributed by atoms with E-state index >= 15 is 0 Å². The first kappa shape index (κ1) is 20.6. The first-order valence-electron chi connectivity index (χ1n) is 10.3. The highest BCUT2D eigenvalue weighted by atomic mass is 16.5. The minimum absolute atomic E-state index is 0.0793. The third-order valence-corrected chi connectivity index (χ3v) is 5.67. The Morgan fingerprint density at radius 3 is 2.64 bits per heavy atom. The zero-order chi connectivity index (χ0) is 19.8. The topological polar surface area (TPSA) is 78.0 Å². The molecule has 2 heterocycles. The molecule has 2 fully saturated rings. The summed E-state index contributed by atoms with van der Waals surface area (Å²) in [5, 5.41) is 9.72. The molecule has 2 aliphatic rings. The molecule has 7 nitrogen and oxygen atoms in total. The Morgan fingerprint density at radius 2 is 1.96 bits per heavy atom. The van der Waals surface area contributed by atoms with Crippen molar-refractivity contribution in [2.75, 3.05) is 46.9 Å². The molecule has 0 radical (unpaired) electrons. The van der Waals surface area contributed by atoms with E-state index in [2.05, 4.69) is 50.1 Å². The number of benzene rings is 1. The van der Waals surface area contributed by atoms with Gasteiger partial charge in [0.05, 0.1) is 12.6 Å². The smallest absolute Gasteiger partial charge is 0.233 e. The fraction of sp³-hybridized carbons (Fsp3) is 0.619. The van der Waals surface area contributed by atoms with Crippen LogP contribution in [-0.4, -0.2) is 69.7 Å². The van der Waals surface area contributed by atoms with Gasteiger partial charge in [-0.15, -0.1) is 0 Å². The Balaban J connectivity index is 1.43. The molecule has 1 aromatic rings. The number of carbonyl (C=O) groups excluding carboxylic acids is 1. The fourth-order valence-electron chi connectivity index (χ4n) is 3.99. The molecule has 0 bridgehead atoms. The van der Waals surface area contributed by atoms with Crippen molar-refractivity contribution in [3.63, 3.8) is 0 Å². The van der Waals surface area contributed by atoms with E-state index in [1.807, 2.05) is 13.1 Å². The molecule has 154 valence electrons. The Labute approximate surface area is 167 Å². The molecule has 1 aromatic carbocycles. The average Bonchev–Trinajstić information content (AvgIpc) is 3.21. The lowest BCUT2D eigenvalue weighted by atomic mass is 9.95. The number of guanidine groups is 1. The van der Waals surface area contributed by atoms with Crippen molar-refractivity contribution in [3.05, 3.63) is 35.9 Å². The summed E-state index contributed by atoms with van der Waals surface area (Å²) in [6, 6.07) is 10.8. The van der Waals surface area contributed by atoms with Gasteiger partial charge in [-0.1, -0.05) is 30.3 Å². The summed E-state index contributed by atoms with van der Waals surface area (Å²) >= 11 is 0. The zero-order valence-corrected chi connectivity index (χ0v) is 17.0. The van der Waals surface area contributed by atoms with Crippen LogP contribution >= 0.6 is 0 Å². The number of carbonyl (C=O) groups is 1. The van der Waals surface area contributed by atoms with Crippen LogP contribution in [0.25, 0.3) is 0 Å². The van der Waals surface area contributed by atoms with E-state index in [1.165, 1.54) is 5.56 Å². The second kappa shape index (κ2) is 10.4. The fourth-order valence-corrected chi connectivity index (χ4v) is 3.99. The lowest BCUT2D eigenvalue weighted by Gasteiger charge is -2.32. The Bertz CT molecular complexity index is 643. The van der Waals surface area contributed by atoms with Crippen LogP contribution in [0.5, 0.6) is 0 Å². The van der Waals surface area contributed by atoms with Gasteiger partial charge >= 0.3 is 0 Å². The van der Waals surface area contributed by atoms with E-state index in [0.29, 0.717) is 18.5 Å². The Kier molecular flexibility index (Phi) is 7.68. The molecule has 0 spiro atoms. The molecule has 28 heavy (non-hydrogen) atoms. The molecule has 2 aliphatic heterocycles. The van der Waals surface area contributed by atoms with Crippen LogP contribution < -0.4 is 16.0 Å². The maximum Gasteiger partial charge on any atom is 0.233 e. The van der Waals surface area contributed by atoms with Crippen molar-refractivity contribution in [1.82, 2.24) is 20.9 Å². The lowest BCUT2D eigenvalue weighted by Crippen LogP contribution is -2.50. The van der Waals surface area contributed by atoms with E-state index in [4.69, 9.17) is 4.74 Å². The predicted molar refractivity (Wildman–Crippen MR) is 111 cm³/mol. The second-order valence-electron chi connectivity index (χ2n) is 7.57. The number of rotatable bonds is 6. The minimum Gasteiger partial charge on any atom is -0.373 e. The van der Waals surface area contributed by atoms with Gasteiger partial charge in [-0.25, -0.2) is 0 Å². The van der Waals surface area contributed by atoms with Gasteiger partial charge in [-0.05, 0) is 24.8 Å². The van der Waals surface area contributed by atoms with Crippen LogP contribution in [0, 0.1) is 5.92 Å². The number of amides is 1. The van der Waals surface area contributed by atoms with Crippen molar-refractivity contribution < 1.29 is 9.53 Å². The molecule has 2 saturated heterocycles. The molecule has 0 aliphatic carbocycles. The molecule has 0 saturated carbocycles. The van der Waals surface area contributed by atoms with Gasteiger partial charge in [-0.2, -0.15) is 0 Å². The Morgan fingerprint density at radius 1 is 1.21 bits per heavy atom. The van der Waals surface area contributed by atoms with Gasteiger partial charge in [0.25, 0.3) is 0 Å². The maximum absolute atomic E-state index is 11.5. The quantitative estimate of drug-likeness (QED) is 0.504. The number of nitrogens with zero attached hydrogens (tertiary/aromatic N) is 2. The number of likely N-dealkylation sites (tertiary alicyclic amines) is 1. The summed E-state index contributed by atoms with van der Waals surface area (Å²) in [5.74, 6) is 1.37. The van der Waals surface area contributed by atoms with Crippen molar-refractivity contribution in [2.45, 2.75) is 31.4 Å². The van der Waals surface area contributed by atoms with Gasteiger partial charge in [0.15, 0.2) is 5.96 Å². The molecule has 2 unspecified atom stereocenters. The minimum atomic E-state index is 0.0793. The van der Waals surface area contributed by atoms with Crippen LogP contribution in [0.3, 0.4) is 0 Å². The highest BCUT2D eigenvalue weighted by molar-refractivity contribution is 5.80. The second-order valence-corrected chi connectivity index (χ2v) is 7.57. The number of likely N-dealkylation sites (N-methyl/N-ethyl adjacent to an activating group) is 1. The van der Waals surface area contributed by atoms with E-state index < -0.39 is 0 Å². The molecular weight excluding hydrogens is 354 g/mol. The first-order valence-corrected chi connectivity index (χ1v) is 10.3. The van der Waals surface area contributed by atoms with Crippen molar-refractivity contribution in [2.24, 2.45) is 10.9 Å². The molecule has 2 atom stereocenters. The molecule has 3 N–H and O–H groups in total. The van der Waals surface area contributed by atoms with Crippen LogP contribution in [0.15, 0.2) is 35.3 Å². The largest absolute Gasteiger partial charge is 0.373 e. The van der Waals surface area contributed by atoms with Gasteiger partial charge in [0, 0.05) is 52.3 Å². The highest BCUT2D eigenvalue weighted by Crippen LogP contribution is 2.33. The molecule has 7 heteroatoms.